The number of furan rings is 1. The standard InChI is InChI=1S/C17H14ClNO3S.ClH/c18-11-1-3-12(4-2-11)23(20,21)13-5-6-16-14(9-13)15-10-19-8-7-17(15)22-16;/h1-6,9,19H,7-8,10H2;1H. The molecule has 0 radical (unpaired) electrons. The second kappa shape index (κ2) is 6.41. The molecule has 0 saturated carbocycles. The molecule has 2 heterocycles. The Kier molecular flexibility index (Phi) is 4.62. The molecule has 0 saturated heterocycles. The van der Waals surface area contributed by atoms with Gasteiger partial charge in [0, 0.05) is 35.5 Å². The van der Waals surface area contributed by atoms with Crippen LogP contribution in [0.15, 0.2) is 56.7 Å². The summed E-state index contributed by atoms with van der Waals surface area (Å²) in [7, 11) is -3.57. The largest absolute Gasteiger partial charge is 0.461 e. The number of rotatable bonds is 2. The lowest BCUT2D eigenvalue weighted by molar-refractivity contribution is 0.500. The minimum Gasteiger partial charge on any atom is -0.461 e. The Morgan fingerprint density at radius 3 is 2.50 bits per heavy atom. The van der Waals surface area contributed by atoms with Crippen molar-refractivity contribution >= 4 is 44.8 Å². The van der Waals surface area contributed by atoms with E-state index in [-0.39, 0.29) is 22.2 Å². The fourth-order valence-corrected chi connectivity index (χ4v) is 4.32. The zero-order valence-corrected chi connectivity index (χ0v) is 15.0. The average Bonchev–Trinajstić information content (AvgIpc) is 2.93. The summed E-state index contributed by atoms with van der Waals surface area (Å²) in [6.45, 7) is 1.58. The summed E-state index contributed by atoms with van der Waals surface area (Å²) < 4.78 is 31.4. The molecule has 7 heteroatoms. The monoisotopic (exact) mass is 383 g/mol. The minimum atomic E-state index is -3.57. The fourth-order valence-electron chi connectivity index (χ4n) is 2.91. The van der Waals surface area contributed by atoms with Crippen LogP contribution in [0.1, 0.15) is 11.3 Å². The van der Waals surface area contributed by atoms with Crippen LogP contribution in [0.2, 0.25) is 5.02 Å². The lowest BCUT2D eigenvalue weighted by atomic mass is 10.1. The molecule has 1 aliphatic rings. The normalized spacial score (nSPS) is 14.2. The predicted molar refractivity (Wildman–Crippen MR) is 95.8 cm³/mol. The van der Waals surface area contributed by atoms with Crippen LogP contribution >= 0.6 is 24.0 Å². The molecule has 4 nitrogen and oxygen atoms in total. The first-order chi connectivity index (χ1) is 11.1. The van der Waals surface area contributed by atoms with Crippen molar-refractivity contribution in [3.63, 3.8) is 0 Å². The number of sulfone groups is 1. The molecular formula is C17H15Cl2NO3S. The second-order valence-electron chi connectivity index (χ2n) is 5.55. The van der Waals surface area contributed by atoms with E-state index in [2.05, 4.69) is 5.32 Å². The molecular weight excluding hydrogens is 369 g/mol. The number of nitrogens with one attached hydrogen (secondary N) is 1. The van der Waals surface area contributed by atoms with Crippen LogP contribution in [-0.2, 0) is 22.8 Å². The van der Waals surface area contributed by atoms with Crippen LogP contribution in [0.5, 0.6) is 0 Å². The van der Waals surface area contributed by atoms with Crippen LogP contribution in [0.25, 0.3) is 11.0 Å². The summed E-state index contributed by atoms with van der Waals surface area (Å²) in [5.41, 5.74) is 1.79. The van der Waals surface area contributed by atoms with Gasteiger partial charge in [-0.25, -0.2) is 8.42 Å². The lowest BCUT2D eigenvalue weighted by Crippen LogP contribution is -2.22. The van der Waals surface area contributed by atoms with Crippen molar-refractivity contribution in [3.8, 4) is 0 Å². The Hall–Kier alpha value is -1.53. The zero-order valence-electron chi connectivity index (χ0n) is 12.6. The van der Waals surface area contributed by atoms with Gasteiger partial charge in [-0.15, -0.1) is 12.4 Å². The predicted octanol–water partition coefficient (Wildman–Crippen LogP) is 3.99. The van der Waals surface area contributed by atoms with Gasteiger partial charge in [-0.1, -0.05) is 11.6 Å². The number of halogens is 2. The maximum absolute atomic E-state index is 12.8. The van der Waals surface area contributed by atoms with Crippen LogP contribution < -0.4 is 5.32 Å². The summed E-state index contributed by atoms with van der Waals surface area (Å²) in [6, 6.07) is 11.2. The van der Waals surface area contributed by atoms with E-state index < -0.39 is 9.84 Å². The van der Waals surface area contributed by atoms with E-state index in [1.165, 1.54) is 12.1 Å². The minimum absolute atomic E-state index is 0. The molecule has 0 bridgehead atoms. The van der Waals surface area contributed by atoms with Gasteiger partial charge in [0.05, 0.1) is 9.79 Å². The van der Waals surface area contributed by atoms with Gasteiger partial charge >= 0.3 is 0 Å². The maximum Gasteiger partial charge on any atom is 0.206 e. The number of hydrogen-bond acceptors (Lipinski definition) is 4. The van der Waals surface area contributed by atoms with E-state index >= 15 is 0 Å². The molecule has 0 atom stereocenters. The third-order valence-corrected chi connectivity index (χ3v) is 6.13. The van der Waals surface area contributed by atoms with Crippen LogP contribution in [0.4, 0.5) is 0 Å². The van der Waals surface area contributed by atoms with Crippen molar-refractivity contribution in [2.45, 2.75) is 22.8 Å². The van der Waals surface area contributed by atoms with Gasteiger partial charge in [0.15, 0.2) is 0 Å². The highest BCUT2D eigenvalue weighted by Crippen LogP contribution is 2.32. The Bertz CT molecular complexity index is 995. The van der Waals surface area contributed by atoms with Crippen molar-refractivity contribution in [2.24, 2.45) is 0 Å². The third kappa shape index (κ3) is 2.82. The van der Waals surface area contributed by atoms with Crippen molar-refractivity contribution in [3.05, 3.63) is 58.8 Å². The quantitative estimate of drug-likeness (QED) is 0.726. The van der Waals surface area contributed by atoms with Gasteiger partial charge in [-0.3, -0.25) is 0 Å². The molecule has 0 aliphatic carbocycles. The SMILES string of the molecule is Cl.O=S(=O)(c1ccc(Cl)cc1)c1ccc2oc3c(c2c1)CNCC3. The smallest absolute Gasteiger partial charge is 0.206 e. The summed E-state index contributed by atoms with van der Waals surface area (Å²) in [4.78, 5) is 0.498. The Labute approximate surface area is 151 Å². The number of benzene rings is 2. The van der Waals surface area contributed by atoms with E-state index in [4.69, 9.17) is 16.0 Å². The lowest BCUT2D eigenvalue weighted by Gasteiger charge is -2.11. The Balaban J connectivity index is 0.00000169. The maximum atomic E-state index is 12.8. The molecule has 1 aromatic heterocycles. The Morgan fingerprint density at radius 1 is 1.04 bits per heavy atom. The van der Waals surface area contributed by atoms with Gasteiger partial charge < -0.3 is 9.73 Å². The Morgan fingerprint density at radius 2 is 1.75 bits per heavy atom. The molecule has 0 amide bonds. The highest BCUT2D eigenvalue weighted by molar-refractivity contribution is 7.91. The first-order valence-electron chi connectivity index (χ1n) is 7.31. The average molecular weight is 384 g/mol. The molecule has 0 unspecified atom stereocenters. The first-order valence-corrected chi connectivity index (χ1v) is 9.17. The van der Waals surface area contributed by atoms with E-state index in [1.54, 1.807) is 30.3 Å². The fraction of sp³-hybridized carbons (Fsp3) is 0.176. The van der Waals surface area contributed by atoms with Crippen molar-refractivity contribution in [1.82, 2.24) is 5.32 Å². The van der Waals surface area contributed by atoms with Crippen molar-refractivity contribution < 1.29 is 12.8 Å². The third-order valence-electron chi connectivity index (χ3n) is 4.11. The van der Waals surface area contributed by atoms with E-state index in [1.807, 2.05) is 0 Å². The highest BCUT2D eigenvalue weighted by Gasteiger charge is 2.22. The topological polar surface area (TPSA) is 59.3 Å². The zero-order chi connectivity index (χ0) is 16.0. The molecule has 0 fully saturated rings. The van der Waals surface area contributed by atoms with Crippen molar-refractivity contribution in [1.29, 1.82) is 0 Å². The summed E-state index contributed by atoms with van der Waals surface area (Å²) in [5, 5.41) is 4.66. The highest BCUT2D eigenvalue weighted by atomic mass is 35.5. The molecule has 24 heavy (non-hydrogen) atoms. The molecule has 126 valence electrons. The first kappa shape index (κ1) is 17.3. The van der Waals surface area contributed by atoms with Gasteiger partial charge in [0.1, 0.15) is 11.3 Å². The molecule has 0 spiro atoms. The number of fused-ring (bicyclic) bond motifs is 3. The molecule has 3 aromatic rings. The van der Waals surface area contributed by atoms with Gasteiger partial charge in [0.25, 0.3) is 0 Å². The van der Waals surface area contributed by atoms with Crippen LogP contribution in [0.3, 0.4) is 0 Å². The van der Waals surface area contributed by atoms with Crippen LogP contribution in [-0.4, -0.2) is 15.0 Å². The van der Waals surface area contributed by atoms with Crippen LogP contribution in [0, 0.1) is 0 Å². The molecule has 2 aromatic carbocycles. The van der Waals surface area contributed by atoms with Crippen molar-refractivity contribution in [2.75, 3.05) is 6.54 Å². The summed E-state index contributed by atoms with van der Waals surface area (Å²) >= 11 is 5.84. The number of hydrogen-bond donors (Lipinski definition) is 1. The second-order valence-corrected chi connectivity index (χ2v) is 7.93. The van der Waals surface area contributed by atoms with E-state index in [0.29, 0.717) is 11.6 Å². The summed E-state index contributed by atoms with van der Waals surface area (Å²) in [5.74, 6) is 0.944. The molecule has 1 N–H and O–H groups in total. The van der Waals surface area contributed by atoms with Gasteiger partial charge in [0.2, 0.25) is 9.84 Å². The summed E-state index contributed by atoms with van der Waals surface area (Å²) in [6.07, 6.45) is 0.823. The van der Waals surface area contributed by atoms with Gasteiger partial charge in [-0.2, -0.15) is 0 Å². The van der Waals surface area contributed by atoms with Gasteiger partial charge in [-0.05, 0) is 42.5 Å². The molecule has 4 rings (SSSR count). The van der Waals surface area contributed by atoms with E-state index in [0.717, 1.165) is 35.3 Å². The molecule has 1 aliphatic heterocycles. The van der Waals surface area contributed by atoms with E-state index in [9.17, 15) is 8.42 Å².